The minimum absolute atomic E-state index is 0.378. The predicted molar refractivity (Wildman–Crippen MR) is 58.2 cm³/mol. The van der Waals surface area contributed by atoms with Crippen molar-refractivity contribution in [3.05, 3.63) is 34.3 Å². The molecule has 0 bridgehead atoms. The van der Waals surface area contributed by atoms with Gasteiger partial charge in [-0.05, 0) is 30.7 Å². The van der Waals surface area contributed by atoms with Gasteiger partial charge < -0.3 is 10.8 Å². The number of aliphatic carboxylic acids is 1. The average molecular weight is 258 g/mol. The molecular formula is C10H12BrNO2. The molecule has 0 saturated heterocycles. The SMILES string of the molecule is NCCC(C(=O)O)c1cccc(Br)c1. The number of hydrogen-bond donors (Lipinski definition) is 2. The lowest BCUT2D eigenvalue weighted by atomic mass is 9.96. The zero-order valence-corrected chi connectivity index (χ0v) is 9.20. The molecule has 3 N–H and O–H groups in total. The normalized spacial score (nSPS) is 12.4. The summed E-state index contributed by atoms with van der Waals surface area (Å²) >= 11 is 3.31. The summed E-state index contributed by atoms with van der Waals surface area (Å²) in [5, 5.41) is 8.98. The van der Waals surface area contributed by atoms with Crippen molar-refractivity contribution in [2.45, 2.75) is 12.3 Å². The van der Waals surface area contributed by atoms with Crippen LogP contribution in [0.1, 0.15) is 17.9 Å². The number of hydrogen-bond acceptors (Lipinski definition) is 2. The number of nitrogens with two attached hydrogens (primary N) is 1. The Bertz CT molecular complexity index is 328. The topological polar surface area (TPSA) is 63.3 Å². The van der Waals surface area contributed by atoms with Gasteiger partial charge in [-0.15, -0.1) is 0 Å². The number of carbonyl (C=O) groups is 1. The van der Waals surface area contributed by atoms with Gasteiger partial charge in [0.05, 0.1) is 5.92 Å². The zero-order valence-electron chi connectivity index (χ0n) is 7.61. The van der Waals surface area contributed by atoms with E-state index in [1.807, 2.05) is 18.2 Å². The molecule has 76 valence electrons. The fourth-order valence-electron chi connectivity index (χ4n) is 1.32. The number of rotatable bonds is 4. The van der Waals surface area contributed by atoms with Crippen LogP contribution in [0.2, 0.25) is 0 Å². The Balaban J connectivity index is 2.93. The van der Waals surface area contributed by atoms with Crippen molar-refractivity contribution in [3.8, 4) is 0 Å². The second-order valence-corrected chi connectivity index (χ2v) is 3.94. The fourth-order valence-corrected chi connectivity index (χ4v) is 1.74. The number of carboxylic acids is 1. The molecule has 0 spiro atoms. The van der Waals surface area contributed by atoms with E-state index in [1.54, 1.807) is 6.07 Å². The maximum absolute atomic E-state index is 10.9. The number of halogens is 1. The molecule has 3 nitrogen and oxygen atoms in total. The Kier molecular flexibility index (Phi) is 4.10. The molecule has 1 aromatic rings. The Hall–Kier alpha value is -0.870. The molecule has 1 unspecified atom stereocenters. The summed E-state index contributed by atoms with van der Waals surface area (Å²) in [6, 6.07) is 7.31. The van der Waals surface area contributed by atoms with E-state index < -0.39 is 11.9 Å². The lowest BCUT2D eigenvalue weighted by molar-refractivity contribution is -0.138. The highest BCUT2D eigenvalue weighted by molar-refractivity contribution is 9.10. The van der Waals surface area contributed by atoms with Crippen LogP contribution >= 0.6 is 15.9 Å². The molecule has 0 saturated carbocycles. The van der Waals surface area contributed by atoms with Crippen molar-refractivity contribution >= 4 is 21.9 Å². The first-order valence-electron chi connectivity index (χ1n) is 4.33. The van der Waals surface area contributed by atoms with E-state index in [2.05, 4.69) is 15.9 Å². The summed E-state index contributed by atoms with van der Waals surface area (Å²) in [5.41, 5.74) is 6.16. The van der Waals surface area contributed by atoms with E-state index in [4.69, 9.17) is 10.8 Å². The van der Waals surface area contributed by atoms with Crippen molar-refractivity contribution in [2.24, 2.45) is 5.73 Å². The van der Waals surface area contributed by atoms with Crippen LogP contribution in [0.3, 0.4) is 0 Å². The largest absolute Gasteiger partial charge is 0.481 e. The highest BCUT2D eigenvalue weighted by Gasteiger charge is 2.18. The highest BCUT2D eigenvalue weighted by Crippen LogP contribution is 2.22. The first-order chi connectivity index (χ1) is 6.65. The van der Waals surface area contributed by atoms with E-state index in [1.165, 1.54) is 0 Å². The van der Waals surface area contributed by atoms with Gasteiger partial charge in [0.2, 0.25) is 0 Å². The van der Waals surface area contributed by atoms with Crippen LogP contribution in [0.15, 0.2) is 28.7 Å². The van der Waals surface area contributed by atoms with Gasteiger partial charge in [-0.25, -0.2) is 0 Å². The molecular weight excluding hydrogens is 246 g/mol. The molecule has 1 aromatic carbocycles. The summed E-state index contributed by atoms with van der Waals surface area (Å²) in [4.78, 5) is 10.9. The quantitative estimate of drug-likeness (QED) is 0.867. The van der Waals surface area contributed by atoms with Gasteiger partial charge in [0.25, 0.3) is 0 Å². The standard InChI is InChI=1S/C10H12BrNO2/c11-8-3-1-2-7(6-8)9(4-5-12)10(13)14/h1-3,6,9H,4-5,12H2,(H,13,14). The third kappa shape index (κ3) is 2.82. The second kappa shape index (κ2) is 5.12. The van der Waals surface area contributed by atoms with E-state index in [0.717, 1.165) is 10.0 Å². The fraction of sp³-hybridized carbons (Fsp3) is 0.300. The summed E-state index contributed by atoms with van der Waals surface area (Å²) in [6.07, 6.45) is 0.464. The maximum Gasteiger partial charge on any atom is 0.311 e. The Morgan fingerprint density at radius 2 is 2.29 bits per heavy atom. The van der Waals surface area contributed by atoms with E-state index in [0.29, 0.717) is 13.0 Å². The van der Waals surface area contributed by atoms with Crippen molar-refractivity contribution in [2.75, 3.05) is 6.54 Å². The van der Waals surface area contributed by atoms with Crippen LogP contribution in [0.4, 0.5) is 0 Å². The molecule has 0 fully saturated rings. The van der Waals surface area contributed by atoms with Gasteiger partial charge in [0, 0.05) is 4.47 Å². The zero-order chi connectivity index (χ0) is 10.6. The molecule has 1 rings (SSSR count). The Morgan fingerprint density at radius 1 is 1.57 bits per heavy atom. The van der Waals surface area contributed by atoms with Crippen molar-refractivity contribution in [1.82, 2.24) is 0 Å². The first kappa shape index (κ1) is 11.2. The third-order valence-corrected chi connectivity index (χ3v) is 2.50. The van der Waals surface area contributed by atoms with Crippen LogP contribution < -0.4 is 5.73 Å². The van der Waals surface area contributed by atoms with Crippen molar-refractivity contribution in [3.63, 3.8) is 0 Å². The van der Waals surface area contributed by atoms with Crippen molar-refractivity contribution in [1.29, 1.82) is 0 Å². The van der Waals surface area contributed by atoms with Gasteiger partial charge in [-0.3, -0.25) is 4.79 Å². The van der Waals surface area contributed by atoms with E-state index in [9.17, 15) is 4.79 Å². The van der Waals surface area contributed by atoms with Gasteiger partial charge in [0.15, 0.2) is 0 Å². The minimum Gasteiger partial charge on any atom is -0.481 e. The molecule has 0 aliphatic rings. The smallest absolute Gasteiger partial charge is 0.311 e. The molecule has 0 aromatic heterocycles. The number of benzene rings is 1. The molecule has 0 amide bonds. The first-order valence-corrected chi connectivity index (χ1v) is 5.12. The molecule has 0 aliphatic heterocycles. The molecule has 0 aliphatic carbocycles. The van der Waals surface area contributed by atoms with Crippen LogP contribution in [0, 0.1) is 0 Å². The maximum atomic E-state index is 10.9. The van der Waals surface area contributed by atoms with E-state index >= 15 is 0 Å². The van der Waals surface area contributed by atoms with Gasteiger partial charge in [0.1, 0.15) is 0 Å². The van der Waals surface area contributed by atoms with Gasteiger partial charge in [-0.1, -0.05) is 28.1 Å². The van der Waals surface area contributed by atoms with E-state index in [-0.39, 0.29) is 0 Å². The number of carboxylic acid groups (broad SMARTS) is 1. The monoisotopic (exact) mass is 257 g/mol. The van der Waals surface area contributed by atoms with Gasteiger partial charge >= 0.3 is 5.97 Å². The lowest BCUT2D eigenvalue weighted by Crippen LogP contribution is -2.16. The van der Waals surface area contributed by atoms with Crippen LogP contribution in [0.5, 0.6) is 0 Å². The Labute approximate surface area is 91.1 Å². The average Bonchev–Trinajstić information content (AvgIpc) is 2.13. The van der Waals surface area contributed by atoms with Crippen molar-refractivity contribution < 1.29 is 9.90 Å². The Morgan fingerprint density at radius 3 is 2.79 bits per heavy atom. The third-order valence-electron chi connectivity index (χ3n) is 2.00. The molecule has 14 heavy (non-hydrogen) atoms. The van der Waals surface area contributed by atoms with Crippen LogP contribution in [0.25, 0.3) is 0 Å². The summed E-state index contributed by atoms with van der Waals surface area (Å²) < 4.78 is 0.887. The van der Waals surface area contributed by atoms with Crippen LogP contribution in [-0.2, 0) is 4.79 Å². The molecule has 4 heteroatoms. The van der Waals surface area contributed by atoms with Crippen LogP contribution in [-0.4, -0.2) is 17.6 Å². The lowest BCUT2D eigenvalue weighted by Gasteiger charge is -2.11. The summed E-state index contributed by atoms with van der Waals surface area (Å²) in [7, 11) is 0. The second-order valence-electron chi connectivity index (χ2n) is 3.02. The molecule has 0 radical (unpaired) electrons. The highest BCUT2D eigenvalue weighted by atomic mass is 79.9. The minimum atomic E-state index is -0.825. The summed E-state index contributed by atoms with van der Waals surface area (Å²) in [5.74, 6) is -1.33. The summed E-state index contributed by atoms with van der Waals surface area (Å²) in [6.45, 7) is 0.378. The van der Waals surface area contributed by atoms with Gasteiger partial charge in [-0.2, -0.15) is 0 Å². The predicted octanol–water partition coefficient (Wildman–Crippen LogP) is 1.97. The molecule has 1 atom stereocenters. The molecule has 0 heterocycles.